The van der Waals surface area contributed by atoms with Crippen LogP contribution in [0.3, 0.4) is 0 Å². The molecular weight excluding hydrogens is 300 g/mol. The van der Waals surface area contributed by atoms with E-state index in [9.17, 15) is 4.79 Å². The van der Waals surface area contributed by atoms with Crippen LogP contribution >= 0.6 is 11.3 Å². The normalized spacial score (nSPS) is 27.1. The van der Waals surface area contributed by atoms with Crippen molar-refractivity contribution in [3.05, 3.63) is 21.9 Å². The Balaban J connectivity index is 1.65. The predicted molar refractivity (Wildman–Crippen MR) is 86.1 cm³/mol. The third-order valence-electron chi connectivity index (χ3n) is 4.44. The van der Waals surface area contributed by atoms with E-state index in [1.807, 2.05) is 11.8 Å². The Labute approximate surface area is 135 Å². The second kappa shape index (κ2) is 6.66. The highest BCUT2D eigenvalue weighted by molar-refractivity contribution is 7.10. The van der Waals surface area contributed by atoms with Crippen molar-refractivity contribution in [3.63, 3.8) is 0 Å². The lowest BCUT2D eigenvalue weighted by Crippen LogP contribution is -2.60. The van der Waals surface area contributed by atoms with Gasteiger partial charge in [0, 0.05) is 37.6 Å². The van der Waals surface area contributed by atoms with Crippen molar-refractivity contribution >= 4 is 17.2 Å². The van der Waals surface area contributed by atoms with E-state index in [0.29, 0.717) is 39.5 Å². The number of hydrogen-bond donors (Lipinski definition) is 0. The summed E-state index contributed by atoms with van der Waals surface area (Å²) in [7, 11) is 0. The van der Waals surface area contributed by atoms with Crippen LogP contribution in [0.2, 0.25) is 0 Å². The number of aryl methyl sites for hydroxylation is 1. The number of carbonyl (C=O) groups excluding carboxylic acids is 1. The molecule has 0 radical (unpaired) electrons. The maximum Gasteiger partial charge on any atom is 0.256 e. The van der Waals surface area contributed by atoms with Crippen molar-refractivity contribution in [2.45, 2.75) is 26.0 Å². The zero-order chi connectivity index (χ0) is 15.6. The first-order valence-electron chi connectivity index (χ1n) is 7.85. The summed E-state index contributed by atoms with van der Waals surface area (Å²) in [4.78, 5) is 18.4. The van der Waals surface area contributed by atoms with E-state index < -0.39 is 5.60 Å². The third-order valence-corrected chi connectivity index (χ3v) is 5.45. The molecule has 1 aromatic heterocycles. The molecular formula is C16H24N2O3S. The lowest BCUT2D eigenvalue weighted by Gasteiger charge is -2.42. The molecule has 0 bridgehead atoms. The molecule has 1 atom stereocenters. The monoisotopic (exact) mass is 324 g/mol. The molecule has 0 unspecified atom stereocenters. The zero-order valence-corrected chi connectivity index (χ0v) is 14.2. The molecule has 0 N–H and O–H groups in total. The minimum atomic E-state index is -0.735. The number of rotatable bonds is 3. The number of morpholine rings is 2. The maximum absolute atomic E-state index is 12.8. The standard InChI is InChI=1S/C16H24N2O3S/c1-13-3-10-22-14(13)11-17-4-9-21-16(2,12-17)15(19)18-5-7-20-8-6-18/h3,10H,4-9,11-12H2,1-2H3/t16-/m1/s1. The number of nitrogens with zero attached hydrogens (tertiary/aromatic N) is 2. The van der Waals surface area contributed by atoms with Crippen LogP contribution in [0.15, 0.2) is 11.4 Å². The largest absolute Gasteiger partial charge is 0.378 e. The summed E-state index contributed by atoms with van der Waals surface area (Å²) in [5, 5.41) is 2.13. The van der Waals surface area contributed by atoms with E-state index in [1.54, 1.807) is 11.3 Å². The minimum absolute atomic E-state index is 0.100. The number of thiophene rings is 1. The van der Waals surface area contributed by atoms with Crippen LogP contribution in [0, 0.1) is 6.92 Å². The Morgan fingerprint density at radius 3 is 2.77 bits per heavy atom. The van der Waals surface area contributed by atoms with Crippen molar-refractivity contribution in [1.29, 1.82) is 0 Å². The highest BCUT2D eigenvalue weighted by atomic mass is 32.1. The van der Waals surface area contributed by atoms with Crippen LogP contribution in [0.4, 0.5) is 0 Å². The van der Waals surface area contributed by atoms with Gasteiger partial charge >= 0.3 is 0 Å². The van der Waals surface area contributed by atoms with Gasteiger partial charge in [-0.15, -0.1) is 11.3 Å². The number of carbonyl (C=O) groups is 1. The second-order valence-electron chi connectivity index (χ2n) is 6.22. The van der Waals surface area contributed by atoms with Gasteiger partial charge in [-0.05, 0) is 30.9 Å². The van der Waals surface area contributed by atoms with E-state index >= 15 is 0 Å². The molecule has 0 aromatic carbocycles. The molecule has 2 aliphatic heterocycles. The van der Waals surface area contributed by atoms with Gasteiger partial charge < -0.3 is 14.4 Å². The SMILES string of the molecule is Cc1ccsc1CN1CCO[C@@](C)(C(=O)N2CCOCC2)C1. The maximum atomic E-state index is 12.8. The van der Waals surface area contributed by atoms with Crippen molar-refractivity contribution in [3.8, 4) is 0 Å². The molecule has 0 saturated carbocycles. The first-order chi connectivity index (χ1) is 10.6. The summed E-state index contributed by atoms with van der Waals surface area (Å²) < 4.78 is 11.2. The Hall–Kier alpha value is -0.950. The van der Waals surface area contributed by atoms with E-state index in [-0.39, 0.29) is 5.91 Å². The first-order valence-corrected chi connectivity index (χ1v) is 8.73. The molecule has 3 heterocycles. The second-order valence-corrected chi connectivity index (χ2v) is 7.22. The average molecular weight is 324 g/mol. The van der Waals surface area contributed by atoms with Crippen LogP contribution in [0.1, 0.15) is 17.4 Å². The smallest absolute Gasteiger partial charge is 0.256 e. The topological polar surface area (TPSA) is 42.0 Å². The van der Waals surface area contributed by atoms with Gasteiger partial charge in [0.05, 0.1) is 19.8 Å². The van der Waals surface area contributed by atoms with Crippen molar-refractivity contribution in [2.75, 3.05) is 46.0 Å². The summed E-state index contributed by atoms with van der Waals surface area (Å²) in [6.45, 7) is 9.70. The minimum Gasteiger partial charge on any atom is -0.378 e. The van der Waals surface area contributed by atoms with E-state index in [1.165, 1.54) is 10.4 Å². The van der Waals surface area contributed by atoms with Crippen LogP contribution in [-0.4, -0.2) is 67.3 Å². The Morgan fingerprint density at radius 2 is 2.09 bits per heavy atom. The molecule has 6 heteroatoms. The fraction of sp³-hybridized carbons (Fsp3) is 0.688. The molecule has 2 saturated heterocycles. The highest BCUT2D eigenvalue weighted by Gasteiger charge is 2.42. The number of amides is 1. The molecule has 3 rings (SSSR count). The molecule has 0 spiro atoms. The van der Waals surface area contributed by atoms with Crippen LogP contribution in [0.5, 0.6) is 0 Å². The van der Waals surface area contributed by atoms with Crippen molar-refractivity contribution in [2.24, 2.45) is 0 Å². The zero-order valence-electron chi connectivity index (χ0n) is 13.3. The predicted octanol–water partition coefficient (Wildman–Crippen LogP) is 1.51. The molecule has 1 aromatic rings. The molecule has 22 heavy (non-hydrogen) atoms. The van der Waals surface area contributed by atoms with E-state index in [0.717, 1.165) is 13.1 Å². The lowest BCUT2D eigenvalue weighted by molar-refractivity contribution is -0.171. The molecule has 1 amide bonds. The van der Waals surface area contributed by atoms with Gasteiger partial charge in [0.15, 0.2) is 5.60 Å². The van der Waals surface area contributed by atoms with Gasteiger partial charge in [-0.1, -0.05) is 0 Å². The van der Waals surface area contributed by atoms with Crippen LogP contribution in [0.25, 0.3) is 0 Å². The van der Waals surface area contributed by atoms with E-state index in [4.69, 9.17) is 9.47 Å². The third kappa shape index (κ3) is 3.35. The number of hydrogen-bond acceptors (Lipinski definition) is 5. The Bertz CT molecular complexity index is 527. The Morgan fingerprint density at radius 1 is 1.32 bits per heavy atom. The molecule has 2 fully saturated rings. The molecule has 0 aliphatic carbocycles. The van der Waals surface area contributed by atoms with Crippen molar-refractivity contribution in [1.82, 2.24) is 9.80 Å². The summed E-state index contributed by atoms with van der Waals surface area (Å²) in [5.74, 6) is 0.100. The molecule has 5 nitrogen and oxygen atoms in total. The summed E-state index contributed by atoms with van der Waals surface area (Å²) in [6, 6.07) is 2.15. The van der Waals surface area contributed by atoms with Gasteiger partial charge in [0.25, 0.3) is 5.91 Å². The van der Waals surface area contributed by atoms with E-state index in [2.05, 4.69) is 23.3 Å². The lowest BCUT2D eigenvalue weighted by atomic mass is 10.0. The van der Waals surface area contributed by atoms with Gasteiger partial charge in [-0.25, -0.2) is 0 Å². The number of ether oxygens (including phenoxy) is 2. The fourth-order valence-corrected chi connectivity index (χ4v) is 4.03. The quantitative estimate of drug-likeness (QED) is 0.845. The van der Waals surface area contributed by atoms with Gasteiger partial charge in [0.1, 0.15) is 0 Å². The summed E-state index contributed by atoms with van der Waals surface area (Å²) >= 11 is 1.79. The Kier molecular flexibility index (Phi) is 4.82. The van der Waals surface area contributed by atoms with Crippen LogP contribution in [-0.2, 0) is 20.8 Å². The van der Waals surface area contributed by atoms with Gasteiger partial charge in [-0.2, -0.15) is 0 Å². The van der Waals surface area contributed by atoms with Crippen molar-refractivity contribution < 1.29 is 14.3 Å². The fourth-order valence-electron chi connectivity index (χ4n) is 3.09. The summed E-state index contributed by atoms with van der Waals surface area (Å²) in [6.07, 6.45) is 0. The van der Waals surface area contributed by atoms with Crippen LogP contribution < -0.4 is 0 Å². The first kappa shape index (κ1) is 15.9. The van der Waals surface area contributed by atoms with Gasteiger partial charge in [-0.3, -0.25) is 9.69 Å². The average Bonchev–Trinajstić information content (AvgIpc) is 2.93. The molecule has 122 valence electrons. The highest BCUT2D eigenvalue weighted by Crippen LogP contribution is 2.25. The summed E-state index contributed by atoms with van der Waals surface area (Å²) in [5.41, 5.74) is 0.596. The molecule has 2 aliphatic rings. The van der Waals surface area contributed by atoms with Gasteiger partial charge in [0.2, 0.25) is 0 Å².